The van der Waals surface area contributed by atoms with Crippen LogP contribution in [0.25, 0.3) is 0 Å². The molecule has 19 heavy (non-hydrogen) atoms. The Hall–Kier alpha value is -1.36. The van der Waals surface area contributed by atoms with Gasteiger partial charge in [0.15, 0.2) is 0 Å². The zero-order chi connectivity index (χ0) is 14.0. The van der Waals surface area contributed by atoms with Crippen LogP contribution in [0.1, 0.15) is 24.2 Å². The van der Waals surface area contributed by atoms with Crippen LogP contribution in [0.3, 0.4) is 0 Å². The Morgan fingerprint density at radius 2 is 2.21 bits per heavy atom. The molecule has 1 aromatic rings. The van der Waals surface area contributed by atoms with Gasteiger partial charge in [0.2, 0.25) is 0 Å². The van der Waals surface area contributed by atoms with Crippen LogP contribution in [0, 0.1) is 0 Å². The largest absolute Gasteiger partial charge is 0.497 e. The molecule has 1 heterocycles. The molecule has 2 unspecified atom stereocenters. The number of benzene rings is 1. The van der Waals surface area contributed by atoms with Crippen molar-refractivity contribution >= 4 is 23.4 Å². The van der Waals surface area contributed by atoms with Crippen molar-refractivity contribution in [3.05, 3.63) is 23.8 Å². The molecule has 1 aliphatic rings. The fourth-order valence-electron chi connectivity index (χ4n) is 2.24. The SMILES string of the molecule is COc1ccc(C(=O)N2CCSC(C)C2C)c(N)c1. The van der Waals surface area contributed by atoms with Gasteiger partial charge < -0.3 is 15.4 Å². The van der Waals surface area contributed by atoms with E-state index < -0.39 is 0 Å². The molecule has 2 N–H and O–H groups in total. The summed E-state index contributed by atoms with van der Waals surface area (Å²) in [6.07, 6.45) is 0. The van der Waals surface area contributed by atoms with Gasteiger partial charge in [-0.1, -0.05) is 6.92 Å². The number of anilines is 1. The zero-order valence-electron chi connectivity index (χ0n) is 11.6. The van der Waals surface area contributed by atoms with Crippen LogP contribution in [0.2, 0.25) is 0 Å². The van der Waals surface area contributed by atoms with Gasteiger partial charge in [0.1, 0.15) is 5.75 Å². The highest BCUT2D eigenvalue weighted by molar-refractivity contribution is 8.00. The number of thioether (sulfide) groups is 1. The predicted molar refractivity (Wildman–Crippen MR) is 79.8 cm³/mol. The summed E-state index contributed by atoms with van der Waals surface area (Å²) in [7, 11) is 1.59. The second-order valence-electron chi connectivity index (χ2n) is 4.77. The summed E-state index contributed by atoms with van der Waals surface area (Å²) >= 11 is 1.91. The van der Waals surface area contributed by atoms with Gasteiger partial charge in [-0.25, -0.2) is 0 Å². The number of nitrogen functional groups attached to an aromatic ring is 1. The third-order valence-corrected chi connectivity index (χ3v) is 4.97. The molecule has 5 heteroatoms. The molecule has 1 fully saturated rings. The number of hydrogen-bond donors (Lipinski definition) is 1. The standard InChI is InChI=1S/C14H20N2O2S/c1-9-10(2)19-7-6-16(9)14(17)12-5-4-11(18-3)8-13(12)15/h4-5,8-10H,6-7,15H2,1-3H3. The van der Waals surface area contributed by atoms with E-state index >= 15 is 0 Å². The Balaban J connectivity index is 2.24. The molecule has 0 spiro atoms. The van der Waals surface area contributed by atoms with Gasteiger partial charge in [-0.15, -0.1) is 0 Å². The molecule has 2 atom stereocenters. The fourth-order valence-corrected chi connectivity index (χ4v) is 3.34. The van der Waals surface area contributed by atoms with Crippen molar-refractivity contribution in [2.75, 3.05) is 25.1 Å². The van der Waals surface area contributed by atoms with Crippen LogP contribution < -0.4 is 10.5 Å². The molecule has 1 aliphatic heterocycles. The average Bonchev–Trinajstić information content (AvgIpc) is 2.41. The van der Waals surface area contributed by atoms with Crippen LogP contribution in [0.5, 0.6) is 5.75 Å². The molecule has 0 saturated carbocycles. The summed E-state index contributed by atoms with van der Waals surface area (Å²) in [6.45, 7) is 5.03. The van der Waals surface area contributed by atoms with E-state index in [9.17, 15) is 4.79 Å². The lowest BCUT2D eigenvalue weighted by Crippen LogP contribution is -2.48. The van der Waals surface area contributed by atoms with Crippen LogP contribution >= 0.6 is 11.8 Å². The van der Waals surface area contributed by atoms with Gasteiger partial charge in [0.05, 0.1) is 12.7 Å². The molecule has 4 nitrogen and oxygen atoms in total. The molecular formula is C14H20N2O2S. The maximum Gasteiger partial charge on any atom is 0.256 e. The van der Waals surface area contributed by atoms with E-state index in [1.807, 2.05) is 16.7 Å². The number of rotatable bonds is 2. The second kappa shape index (κ2) is 5.74. The summed E-state index contributed by atoms with van der Waals surface area (Å²) in [6, 6.07) is 5.44. The third kappa shape index (κ3) is 2.81. The van der Waals surface area contributed by atoms with Crippen molar-refractivity contribution in [1.29, 1.82) is 0 Å². The summed E-state index contributed by atoms with van der Waals surface area (Å²) < 4.78 is 5.11. The van der Waals surface area contributed by atoms with Crippen LogP contribution in [0.4, 0.5) is 5.69 Å². The molecular weight excluding hydrogens is 260 g/mol. The monoisotopic (exact) mass is 280 g/mol. The number of nitrogens with zero attached hydrogens (tertiary/aromatic N) is 1. The first-order valence-electron chi connectivity index (χ1n) is 6.40. The van der Waals surface area contributed by atoms with Gasteiger partial charge in [-0.3, -0.25) is 4.79 Å². The van der Waals surface area contributed by atoms with E-state index in [1.165, 1.54) is 0 Å². The lowest BCUT2D eigenvalue weighted by molar-refractivity contribution is 0.0699. The fraction of sp³-hybridized carbons (Fsp3) is 0.500. The maximum absolute atomic E-state index is 12.6. The van der Waals surface area contributed by atoms with Crippen molar-refractivity contribution in [3.8, 4) is 5.75 Å². The first-order chi connectivity index (χ1) is 9.04. The Labute approximate surface area is 118 Å². The van der Waals surface area contributed by atoms with Crippen LogP contribution in [-0.2, 0) is 0 Å². The van der Waals surface area contributed by atoms with E-state index in [4.69, 9.17) is 10.5 Å². The molecule has 104 valence electrons. The molecule has 2 rings (SSSR count). The summed E-state index contributed by atoms with van der Waals surface area (Å²) in [5, 5.41) is 0.456. The number of carbonyl (C=O) groups excluding carboxylic acids is 1. The van der Waals surface area contributed by atoms with E-state index in [0.717, 1.165) is 12.3 Å². The number of methoxy groups -OCH3 is 1. The summed E-state index contributed by atoms with van der Waals surface area (Å²) in [5.41, 5.74) is 6.99. The average molecular weight is 280 g/mol. The lowest BCUT2D eigenvalue weighted by atomic mass is 10.1. The molecule has 0 aromatic heterocycles. The molecule has 0 bridgehead atoms. The number of hydrogen-bond acceptors (Lipinski definition) is 4. The third-order valence-electron chi connectivity index (χ3n) is 3.63. The maximum atomic E-state index is 12.6. The molecule has 1 aromatic carbocycles. The minimum Gasteiger partial charge on any atom is -0.497 e. The van der Waals surface area contributed by atoms with Gasteiger partial charge in [0, 0.05) is 35.3 Å². The summed E-state index contributed by atoms with van der Waals surface area (Å²) in [5.74, 6) is 1.66. The lowest BCUT2D eigenvalue weighted by Gasteiger charge is -2.37. The van der Waals surface area contributed by atoms with Crippen molar-refractivity contribution in [3.63, 3.8) is 0 Å². The minimum atomic E-state index is 0.0137. The Morgan fingerprint density at radius 1 is 1.47 bits per heavy atom. The van der Waals surface area contributed by atoms with Crippen molar-refractivity contribution in [1.82, 2.24) is 4.90 Å². The van der Waals surface area contributed by atoms with E-state index in [0.29, 0.717) is 22.3 Å². The molecule has 0 aliphatic carbocycles. The highest BCUT2D eigenvalue weighted by Crippen LogP contribution is 2.28. The summed E-state index contributed by atoms with van der Waals surface area (Å²) in [4.78, 5) is 14.5. The van der Waals surface area contributed by atoms with E-state index in [1.54, 1.807) is 25.3 Å². The van der Waals surface area contributed by atoms with Crippen molar-refractivity contribution < 1.29 is 9.53 Å². The van der Waals surface area contributed by atoms with Gasteiger partial charge >= 0.3 is 0 Å². The van der Waals surface area contributed by atoms with Gasteiger partial charge in [0.25, 0.3) is 5.91 Å². The minimum absolute atomic E-state index is 0.0137. The highest BCUT2D eigenvalue weighted by Gasteiger charge is 2.30. The normalized spacial score (nSPS) is 23.2. The van der Waals surface area contributed by atoms with Crippen LogP contribution in [-0.4, -0.2) is 41.5 Å². The van der Waals surface area contributed by atoms with E-state index in [-0.39, 0.29) is 11.9 Å². The first-order valence-corrected chi connectivity index (χ1v) is 7.45. The second-order valence-corrected chi connectivity index (χ2v) is 6.25. The van der Waals surface area contributed by atoms with Gasteiger partial charge in [-0.05, 0) is 19.1 Å². The van der Waals surface area contributed by atoms with Crippen molar-refractivity contribution in [2.45, 2.75) is 25.1 Å². The molecule has 0 radical (unpaired) electrons. The Morgan fingerprint density at radius 3 is 2.84 bits per heavy atom. The molecule has 1 amide bonds. The number of amides is 1. The smallest absolute Gasteiger partial charge is 0.256 e. The topological polar surface area (TPSA) is 55.6 Å². The van der Waals surface area contributed by atoms with Gasteiger partial charge in [-0.2, -0.15) is 11.8 Å². The number of carbonyl (C=O) groups is 1. The number of nitrogens with two attached hydrogens (primary N) is 1. The Kier molecular flexibility index (Phi) is 4.24. The van der Waals surface area contributed by atoms with E-state index in [2.05, 4.69) is 13.8 Å². The quantitative estimate of drug-likeness (QED) is 0.844. The first kappa shape index (κ1) is 14.1. The number of ether oxygens (including phenoxy) is 1. The Bertz CT molecular complexity index is 479. The van der Waals surface area contributed by atoms with Crippen molar-refractivity contribution in [2.24, 2.45) is 0 Å². The predicted octanol–water partition coefficient (Wildman–Crippen LogP) is 2.24. The zero-order valence-corrected chi connectivity index (χ0v) is 12.4. The highest BCUT2D eigenvalue weighted by atomic mass is 32.2. The molecule has 1 saturated heterocycles. The van der Waals surface area contributed by atoms with Crippen LogP contribution in [0.15, 0.2) is 18.2 Å².